The summed E-state index contributed by atoms with van der Waals surface area (Å²) in [6, 6.07) is 11.5. The number of hydrogen-bond acceptors (Lipinski definition) is 4. The molecule has 2 aromatic rings. The predicted molar refractivity (Wildman–Crippen MR) is 131 cm³/mol. The molecule has 3 rings (SSSR count). The van der Waals surface area contributed by atoms with Crippen molar-refractivity contribution in [1.29, 1.82) is 0 Å². The highest BCUT2D eigenvalue weighted by Crippen LogP contribution is 2.32. The highest BCUT2D eigenvalue weighted by molar-refractivity contribution is 7.92. The van der Waals surface area contributed by atoms with E-state index in [1.54, 1.807) is 6.07 Å². The van der Waals surface area contributed by atoms with Crippen LogP contribution in [0.1, 0.15) is 37.3 Å². The average molecular weight is 498 g/mol. The highest BCUT2D eigenvalue weighted by atomic mass is 35.5. The number of nitrogens with one attached hydrogen (secondary N) is 1. The first-order chi connectivity index (χ1) is 15.2. The monoisotopic (exact) mass is 497 g/mol. The number of piperidine rings is 1. The molecule has 1 fully saturated rings. The van der Waals surface area contributed by atoms with Gasteiger partial charge in [-0.05, 0) is 62.2 Å². The molecule has 32 heavy (non-hydrogen) atoms. The summed E-state index contributed by atoms with van der Waals surface area (Å²) >= 11 is 12.3. The lowest BCUT2D eigenvalue weighted by atomic mass is 10.0. The van der Waals surface area contributed by atoms with Crippen LogP contribution in [-0.4, -0.2) is 44.6 Å². The Morgan fingerprint density at radius 2 is 1.75 bits per heavy atom. The molecule has 0 bridgehead atoms. The minimum absolute atomic E-state index is 0.176. The summed E-state index contributed by atoms with van der Waals surface area (Å²) in [6.45, 7) is 4.86. The van der Waals surface area contributed by atoms with Crippen molar-refractivity contribution in [1.82, 2.24) is 10.2 Å². The van der Waals surface area contributed by atoms with Gasteiger partial charge in [0.05, 0.1) is 17.0 Å². The van der Waals surface area contributed by atoms with Crippen LogP contribution < -0.4 is 9.62 Å². The molecule has 1 heterocycles. The largest absolute Gasteiger partial charge is 0.350 e. The normalized spacial score (nSPS) is 15.9. The zero-order valence-corrected chi connectivity index (χ0v) is 20.7. The number of sulfonamides is 1. The maximum Gasteiger partial charge on any atom is 0.243 e. The van der Waals surface area contributed by atoms with Gasteiger partial charge < -0.3 is 5.32 Å². The molecule has 1 saturated heterocycles. The smallest absolute Gasteiger partial charge is 0.243 e. The van der Waals surface area contributed by atoms with Gasteiger partial charge in [0.15, 0.2) is 0 Å². The number of carbonyl (C=O) groups is 1. The molecule has 1 N–H and O–H groups in total. The van der Waals surface area contributed by atoms with Crippen LogP contribution in [0.3, 0.4) is 0 Å². The van der Waals surface area contributed by atoms with Crippen molar-refractivity contribution in [2.45, 2.75) is 45.3 Å². The van der Waals surface area contributed by atoms with Gasteiger partial charge in [0.25, 0.3) is 0 Å². The number of amides is 1. The quantitative estimate of drug-likeness (QED) is 0.584. The maximum atomic E-state index is 13.0. The number of nitrogens with zero attached hydrogens (tertiary/aromatic N) is 2. The van der Waals surface area contributed by atoms with E-state index in [2.05, 4.69) is 16.3 Å². The van der Waals surface area contributed by atoms with Gasteiger partial charge in [-0.15, -0.1) is 0 Å². The minimum Gasteiger partial charge on any atom is -0.350 e. The van der Waals surface area contributed by atoms with Gasteiger partial charge in [0.2, 0.25) is 15.9 Å². The molecule has 0 unspecified atom stereocenters. The summed E-state index contributed by atoms with van der Waals surface area (Å²) in [6.07, 6.45) is 4.75. The van der Waals surface area contributed by atoms with E-state index in [1.807, 2.05) is 18.2 Å². The van der Waals surface area contributed by atoms with Crippen LogP contribution in [-0.2, 0) is 27.9 Å². The summed E-state index contributed by atoms with van der Waals surface area (Å²) in [5, 5.41) is 3.42. The molecule has 0 spiro atoms. The van der Waals surface area contributed by atoms with Gasteiger partial charge >= 0.3 is 0 Å². The molecule has 0 radical (unpaired) electrons. The Hall–Kier alpha value is -1.80. The third-order valence-corrected chi connectivity index (χ3v) is 7.43. The van der Waals surface area contributed by atoms with Crippen molar-refractivity contribution in [3.05, 3.63) is 63.6 Å². The second kappa shape index (κ2) is 10.9. The lowest BCUT2D eigenvalue weighted by molar-refractivity contribution is -0.122. The Labute approximate surface area is 200 Å². The van der Waals surface area contributed by atoms with Gasteiger partial charge in [-0.2, -0.15) is 0 Å². The van der Waals surface area contributed by atoms with Crippen LogP contribution in [0.15, 0.2) is 42.5 Å². The third kappa shape index (κ3) is 6.38. The Balaban J connectivity index is 1.74. The molecule has 0 aromatic heterocycles. The summed E-state index contributed by atoms with van der Waals surface area (Å²) in [5.74, 6) is -0.417. The summed E-state index contributed by atoms with van der Waals surface area (Å²) in [4.78, 5) is 15.4. The molecule has 6 nitrogen and oxygen atoms in total. The molecule has 1 aliphatic rings. The van der Waals surface area contributed by atoms with E-state index >= 15 is 0 Å². The SMILES string of the molecule is C[C@H](C(=O)NCc1ccccc1CN1CCCCC1)N(c1cc(Cl)ccc1Cl)S(C)(=O)=O. The lowest BCUT2D eigenvalue weighted by Crippen LogP contribution is -2.47. The van der Waals surface area contributed by atoms with Crippen molar-refractivity contribution in [3.8, 4) is 0 Å². The van der Waals surface area contributed by atoms with Crippen molar-refractivity contribution in [2.24, 2.45) is 0 Å². The molecule has 1 atom stereocenters. The Morgan fingerprint density at radius 3 is 2.41 bits per heavy atom. The summed E-state index contributed by atoms with van der Waals surface area (Å²) in [5.41, 5.74) is 2.36. The topological polar surface area (TPSA) is 69.7 Å². The van der Waals surface area contributed by atoms with Gasteiger partial charge in [-0.1, -0.05) is 53.9 Å². The number of carbonyl (C=O) groups excluding carboxylic acids is 1. The van der Waals surface area contributed by atoms with E-state index in [0.29, 0.717) is 11.6 Å². The van der Waals surface area contributed by atoms with E-state index in [9.17, 15) is 13.2 Å². The Bertz CT molecular complexity index is 1060. The van der Waals surface area contributed by atoms with Gasteiger partial charge in [-0.3, -0.25) is 14.0 Å². The molecule has 1 amide bonds. The Kier molecular flexibility index (Phi) is 8.44. The Morgan fingerprint density at radius 1 is 1.09 bits per heavy atom. The van der Waals surface area contributed by atoms with Gasteiger partial charge in [0, 0.05) is 18.1 Å². The van der Waals surface area contributed by atoms with Crippen LogP contribution in [0, 0.1) is 0 Å². The van der Waals surface area contributed by atoms with Crippen molar-refractivity contribution >= 4 is 44.8 Å². The molecule has 0 aliphatic carbocycles. The zero-order chi connectivity index (χ0) is 23.3. The second-order valence-corrected chi connectivity index (χ2v) is 10.9. The highest BCUT2D eigenvalue weighted by Gasteiger charge is 2.30. The first-order valence-corrected chi connectivity index (χ1v) is 13.3. The fourth-order valence-electron chi connectivity index (χ4n) is 4.01. The number of likely N-dealkylation sites (tertiary alicyclic amines) is 1. The van der Waals surface area contributed by atoms with E-state index in [0.717, 1.165) is 35.8 Å². The van der Waals surface area contributed by atoms with Crippen LogP contribution in [0.2, 0.25) is 10.0 Å². The molecule has 9 heteroatoms. The molecular weight excluding hydrogens is 469 g/mol. The van der Waals surface area contributed by atoms with Crippen LogP contribution in [0.4, 0.5) is 5.69 Å². The molecule has 1 aliphatic heterocycles. The number of anilines is 1. The first-order valence-electron chi connectivity index (χ1n) is 10.7. The summed E-state index contributed by atoms with van der Waals surface area (Å²) < 4.78 is 26.1. The molecular formula is C23H29Cl2N3O3S. The van der Waals surface area contributed by atoms with Crippen LogP contribution in [0.5, 0.6) is 0 Å². The zero-order valence-electron chi connectivity index (χ0n) is 18.4. The van der Waals surface area contributed by atoms with Crippen molar-refractivity contribution in [2.75, 3.05) is 23.7 Å². The van der Waals surface area contributed by atoms with Gasteiger partial charge in [-0.25, -0.2) is 8.42 Å². The fourth-order valence-corrected chi connectivity index (χ4v) is 5.61. The van der Waals surface area contributed by atoms with E-state index in [1.165, 1.54) is 43.9 Å². The van der Waals surface area contributed by atoms with Crippen molar-refractivity contribution < 1.29 is 13.2 Å². The second-order valence-electron chi connectivity index (χ2n) is 8.15. The standard InChI is InChI=1S/C23H29Cl2N3O3S/c1-17(28(32(2,30)31)22-14-20(24)10-11-21(22)25)23(29)26-15-18-8-4-5-9-19(18)16-27-12-6-3-7-13-27/h4-5,8-11,14,17H,3,6-7,12-13,15-16H2,1-2H3,(H,26,29)/t17-/m1/s1. The van der Waals surface area contributed by atoms with E-state index < -0.39 is 22.0 Å². The maximum absolute atomic E-state index is 13.0. The van der Waals surface area contributed by atoms with E-state index in [4.69, 9.17) is 23.2 Å². The average Bonchev–Trinajstić information content (AvgIpc) is 2.75. The number of benzene rings is 2. The van der Waals surface area contributed by atoms with Crippen molar-refractivity contribution in [3.63, 3.8) is 0 Å². The minimum atomic E-state index is -3.79. The number of rotatable bonds is 8. The van der Waals surface area contributed by atoms with Crippen LogP contribution in [0.25, 0.3) is 0 Å². The fraction of sp³-hybridized carbons (Fsp3) is 0.435. The predicted octanol–water partition coefficient (Wildman–Crippen LogP) is 4.45. The molecule has 0 saturated carbocycles. The molecule has 2 aromatic carbocycles. The number of hydrogen-bond donors (Lipinski definition) is 1. The summed E-state index contributed by atoms with van der Waals surface area (Å²) in [7, 11) is -3.79. The van der Waals surface area contributed by atoms with Crippen LogP contribution >= 0.6 is 23.2 Å². The number of halogens is 2. The third-order valence-electron chi connectivity index (χ3n) is 5.65. The first kappa shape index (κ1) is 24.8. The van der Waals surface area contributed by atoms with Gasteiger partial charge in [0.1, 0.15) is 6.04 Å². The van der Waals surface area contributed by atoms with E-state index in [-0.39, 0.29) is 10.7 Å². The molecule has 174 valence electrons. The lowest BCUT2D eigenvalue weighted by Gasteiger charge is -2.29.